The van der Waals surface area contributed by atoms with Gasteiger partial charge in [-0.3, -0.25) is 0 Å². The Balaban J connectivity index is 1.81. The van der Waals surface area contributed by atoms with Crippen molar-refractivity contribution in [3.8, 4) is 6.07 Å². The number of halogens is 1. The van der Waals surface area contributed by atoms with Gasteiger partial charge in [-0.1, -0.05) is 6.07 Å². The maximum absolute atomic E-state index is 13.7. The number of hydrogen-bond acceptors (Lipinski definition) is 4. The lowest BCUT2D eigenvalue weighted by Gasteiger charge is -2.22. The molecule has 2 saturated heterocycles. The van der Waals surface area contributed by atoms with Crippen molar-refractivity contribution in [2.75, 3.05) is 31.1 Å². The number of nitrogens with zero attached hydrogens (tertiary/aromatic N) is 3. The molecular weight excluding hydrogens is 305 g/mol. The van der Waals surface area contributed by atoms with Gasteiger partial charge in [0.15, 0.2) is 0 Å². The van der Waals surface area contributed by atoms with Crippen LogP contribution in [-0.2, 0) is 10.0 Å². The van der Waals surface area contributed by atoms with E-state index >= 15 is 0 Å². The molecule has 0 spiro atoms. The first-order valence-corrected chi connectivity index (χ1v) is 8.97. The van der Waals surface area contributed by atoms with Gasteiger partial charge in [0.1, 0.15) is 17.4 Å². The summed E-state index contributed by atoms with van der Waals surface area (Å²) in [5.41, 5.74) is 0.475. The van der Waals surface area contributed by atoms with Crippen molar-refractivity contribution in [2.24, 2.45) is 0 Å². The Morgan fingerprint density at radius 1 is 1.23 bits per heavy atom. The number of rotatable bonds is 3. The third kappa shape index (κ3) is 2.57. The van der Waals surface area contributed by atoms with Gasteiger partial charge < -0.3 is 4.90 Å². The predicted octanol–water partition coefficient (Wildman–Crippen LogP) is 1.70. The summed E-state index contributed by atoms with van der Waals surface area (Å²) < 4.78 is 40.5. The zero-order valence-corrected chi connectivity index (χ0v) is 13.0. The molecule has 2 heterocycles. The maximum atomic E-state index is 13.7. The van der Waals surface area contributed by atoms with Gasteiger partial charge in [0, 0.05) is 26.2 Å². The van der Waals surface area contributed by atoms with E-state index in [2.05, 4.69) is 0 Å². The Morgan fingerprint density at radius 2 is 1.95 bits per heavy atom. The van der Waals surface area contributed by atoms with Crippen molar-refractivity contribution >= 4 is 15.7 Å². The first-order chi connectivity index (χ1) is 10.5. The largest absolute Gasteiger partial charge is 0.369 e. The molecule has 2 aliphatic rings. The van der Waals surface area contributed by atoms with Crippen molar-refractivity contribution in [3.63, 3.8) is 0 Å². The monoisotopic (exact) mass is 323 g/mol. The third-order valence-corrected chi connectivity index (χ3v) is 6.75. The molecule has 118 valence electrons. The van der Waals surface area contributed by atoms with Gasteiger partial charge in [-0.2, -0.15) is 5.26 Å². The number of hydrogen-bond donors (Lipinski definition) is 0. The molecule has 0 bridgehead atoms. The van der Waals surface area contributed by atoms with Gasteiger partial charge in [-0.15, -0.1) is 0 Å². The minimum absolute atomic E-state index is 0.0123. The Morgan fingerprint density at radius 3 is 2.64 bits per heavy atom. The van der Waals surface area contributed by atoms with Crippen molar-refractivity contribution < 1.29 is 12.8 Å². The van der Waals surface area contributed by atoms with Crippen molar-refractivity contribution in [3.05, 3.63) is 29.6 Å². The number of nitriles is 1. The Bertz CT molecular complexity index is 708. The van der Waals surface area contributed by atoms with Crippen LogP contribution in [0.5, 0.6) is 0 Å². The molecule has 3 rings (SSSR count). The second-order valence-corrected chi connectivity index (χ2v) is 7.97. The molecule has 1 aromatic rings. The van der Waals surface area contributed by atoms with Gasteiger partial charge >= 0.3 is 0 Å². The first kappa shape index (κ1) is 15.3. The third-order valence-electron chi connectivity index (χ3n) is 4.44. The molecule has 7 heteroatoms. The molecule has 0 N–H and O–H groups in total. The SMILES string of the molecule is N#Cc1c(F)cccc1N1CC[C@H](S(=O)(=O)N2CCCC2)C1. The molecule has 5 nitrogen and oxygen atoms in total. The molecule has 2 aliphatic heterocycles. The van der Waals surface area contributed by atoms with Crippen LogP contribution in [0.25, 0.3) is 0 Å². The molecule has 0 radical (unpaired) electrons. The summed E-state index contributed by atoms with van der Waals surface area (Å²) in [6.07, 6.45) is 2.34. The van der Waals surface area contributed by atoms with Crippen molar-refractivity contribution in [1.29, 1.82) is 5.26 Å². The maximum Gasteiger partial charge on any atom is 0.218 e. The highest BCUT2D eigenvalue weighted by Gasteiger charge is 2.38. The molecule has 1 atom stereocenters. The zero-order chi connectivity index (χ0) is 15.7. The summed E-state index contributed by atoms with van der Waals surface area (Å²) in [4.78, 5) is 1.81. The van der Waals surface area contributed by atoms with E-state index in [0.29, 0.717) is 38.3 Å². The highest BCUT2D eigenvalue weighted by Crippen LogP contribution is 2.30. The average molecular weight is 323 g/mol. The fourth-order valence-electron chi connectivity index (χ4n) is 3.23. The van der Waals surface area contributed by atoms with Crippen LogP contribution in [0.1, 0.15) is 24.8 Å². The molecule has 22 heavy (non-hydrogen) atoms. The minimum atomic E-state index is -3.29. The Kier molecular flexibility index (Phi) is 4.06. The molecule has 0 saturated carbocycles. The fraction of sp³-hybridized carbons (Fsp3) is 0.533. The number of anilines is 1. The van der Waals surface area contributed by atoms with E-state index in [9.17, 15) is 12.8 Å². The minimum Gasteiger partial charge on any atom is -0.369 e. The van der Waals surface area contributed by atoms with Gasteiger partial charge in [0.2, 0.25) is 10.0 Å². The molecular formula is C15H18FN3O2S. The summed E-state index contributed by atoms with van der Waals surface area (Å²) in [5, 5.41) is 8.64. The highest BCUT2D eigenvalue weighted by atomic mass is 32.2. The van der Waals surface area contributed by atoms with E-state index in [-0.39, 0.29) is 5.56 Å². The molecule has 2 fully saturated rings. The standard InChI is InChI=1S/C15H18FN3O2S/c16-14-4-3-5-15(13(14)10-17)18-9-6-12(11-18)22(20,21)19-7-1-2-8-19/h3-5,12H,1-2,6-9,11H2/t12-/m0/s1. The predicted molar refractivity (Wildman–Crippen MR) is 81.5 cm³/mol. The van der Waals surface area contributed by atoms with Crippen LogP contribution in [0.4, 0.5) is 10.1 Å². The van der Waals surface area contributed by atoms with Crippen LogP contribution in [0.15, 0.2) is 18.2 Å². The van der Waals surface area contributed by atoms with Crippen LogP contribution in [-0.4, -0.2) is 44.2 Å². The van der Waals surface area contributed by atoms with Gasteiger partial charge in [0.05, 0.1) is 10.9 Å². The number of benzene rings is 1. The van der Waals surface area contributed by atoms with Crippen LogP contribution >= 0.6 is 0 Å². The van der Waals surface area contributed by atoms with E-state index in [1.807, 2.05) is 6.07 Å². The quantitative estimate of drug-likeness (QED) is 0.849. The van der Waals surface area contributed by atoms with Crippen LogP contribution in [0, 0.1) is 17.1 Å². The fourth-order valence-corrected chi connectivity index (χ4v) is 5.19. The summed E-state index contributed by atoms with van der Waals surface area (Å²) in [6.45, 7) is 2.04. The topological polar surface area (TPSA) is 64.4 Å². The summed E-state index contributed by atoms with van der Waals surface area (Å²) in [5.74, 6) is -0.564. The Hall–Kier alpha value is -1.65. The molecule has 0 amide bonds. The lowest BCUT2D eigenvalue weighted by molar-refractivity contribution is 0.467. The Labute approximate surface area is 130 Å². The number of sulfonamides is 1. The normalized spacial score (nSPS) is 22.9. The van der Waals surface area contributed by atoms with E-state index < -0.39 is 21.1 Å². The van der Waals surface area contributed by atoms with E-state index in [0.717, 1.165) is 12.8 Å². The van der Waals surface area contributed by atoms with Gasteiger partial charge in [-0.25, -0.2) is 17.1 Å². The van der Waals surface area contributed by atoms with Gasteiger partial charge in [-0.05, 0) is 31.4 Å². The van der Waals surface area contributed by atoms with Crippen LogP contribution in [0.2, 0.25) is 0 Å². The van der Waals surface area contributed by atoms with Gasteiger partial charge in [0.25, 0.3) is 0 Å². The second kappa shape index (κ2) is 5.86. The van der Waals surface area contributed by atoms with Crippen LogP contribution in [0.3, 0.4) is 0 Å². The lowest BCUT2D eigenvalue weighted by Crippen LogP contribution is -2.38. The lowest BCUT2D eigenvalue weighted by atomic mass is 10.1. The second-order valence-electron chi connectivity index (χ2n) is 5.75. The van der Waals surface area contributed by atoms with Crippen molar-refractivity contribution in [1.82, 2.24) is 4.31 Å². The highest BCUT2D eigenvalue weighted by molar-refractivity contribution is 7.89. The molecule has 0 unspecified atom stereocenters. The average Bonchev–Trinajstić information content (AvgIpc) is 3.19. The van der Waals surface area contributed by atoms with E-state index in [1.54, 1.807) is 21.3 Å². The summed E-state index contributed by atoms with van der Waals surface area (Å²) in [7, 11) is -3.29. The van der Waals surface area contributed by atoms with Crippen LogP contribution < -0.4 is 4.90 Å². The smallest absolute Gasteiger partial charge is 0.218 e. The molecule has 0 aliphatic carbocycles. The molecule has 0 aromatic heterocycles. The van der Waals surface area contributed by atoms with Crippen molar-refractivity contribution in [2.45, 2.75) is 24.5 Å². The summed E-state index contributed by atoms with van der Waals surface area (Å²) >= 11 is 0. The zero-order valence-electron chi connectivity index (χ0n) is 12.2. The molecule has 1 aromatic carbocycles. The van der Waals surface area contributed by atoms with E-state index in [1.165, 1.54) is 6.07 Å². The van der Waals surface area contributed by atoms with E-state index in [4.69, 9.17) is 5.26 Å². The summed E-state index contributed by atoms with van der Waals surface area (Å²) in [6, 6.07) is 6.34. The first-order valence-electron chi connectivity index (χ1n) is 7.46.